The van der Waals surface area contributed by atoms with Crippen LogP contribution in [0.25, 0.3) is 0 Å². The number of thiophene rings is 1. The molecule has 3 nitrogen and oxygen atoms in total. The van der Waals surface area contributed by atoms with Gasteiger partial charge in [-0.2, -0.15) is 5.10 Å². The fraction of sp³-hybridized carbons (Fsp3) is 0.562. The van der Waals surface area contributed by atoms with Gasteiger partial charge in [-0.05, 0) is 47.1 Å². The summed E-state index contributed by atoms with van der Waals surface area (Å²) < 4.78 is 3.27. The van der Waals surface area contributed by atoms with Crippen LogP contribution in [0.2, 0.25) is 0 Å². The van der Waals surface area contributed by atoms with E-state index in [9.17, 15) is 0 Å². The number of rotatable bonds is 8. The summed E-state index contributed by atoms with van der Waals surface area (Å²) in [5.74, 6) is 0. The Morgan fingerprint density at radius 2 is 2.19 bits per heavy atom. The fourth-order valence-corrected chi connectivity index (χ4v) is 4.07. The molecule has 1 N–H and O–H groups in total. The standard InChI is InChI=1S/C16H24BrN3S/c1-4-8-13(15-9-7-10-21-15)18-11-14-16(17)12(5-2)19-20(14)6-3/h7,9-10,13,18H,4-6,8,11H2,1-3H3. The smallest absolute Gasteiger partial charge is 0.0767 e. The molecule has 2 rings (SSSR count). The number of nitrogens with zero attached hydrogens (tertiary/aromatic N) is 2. The maximum Gasteiger partial charge on any atom is 0.0767 e. The third-order valence-electron chi connectivity index (χ3n) is 3.67. The molecule has 0 saturated heterocycles. The quantitative estimate of drug-likeness (QED) is 0.715. The molecule has 1 unspecified atom stereocenters. The molecule has 2 aromatic heterocycles. The highest BCUT2D eigenvalue weighted by Gasteiger charge is 2.16. The van der Waals surface area contributed by atoms with Gasteiger partial charge < -0.3 is 5.32 Å². The second-order valence-corrected chi connectivity index (χ2v) is 6.89. The largest absolute Gasteiger partial charge is 0.304 e. The van der Waals surface area contributed by atoms with Crippen LogP contribution in [0.1, 0.15) is 55.9 Å². The molecule has 0 radical (unpaired) electrons. The van der Waals surface area contributed by atoms with Crippen LogP contribution in [0.5, 0.6) is 0 Å². The molecule has 0 spiro atoms. The van der Waals surface area contributed by atoms with Gasteiger partial charge in [-0.25, -0.2) is 0 Å². The molecular formula is C16H24BrN3S. The zero-order chi connectivity index (χ0) is 15.2. The molecule has 2 heterocycles. The Kier molecular flexibility index (Phi) is 6.45. The Labute approximate surface area is 139 Å². The first-order chi connectivity index (χ1) is 10.2. The molecule has 21 heavy (non-hydrogen) atoms. The van der Waals surface area contributed by atoms with Gasteiger partial charge in [-0.3, -0.25) is 4.68 Å². The Morgan fingerprint density at radius 1 is 1.38 bits per heavy atom. The van der Waals surface area contributed by atoms with Gasteiger partial charge >= 0.3 is 0 Å². The van der Waals surface area contributed by atoms with Crippen molar-refractivity contribution >= 4 is 27.3 Å². The highest BCUT2D eigenvalue weighted by atomic mass is 79.9. The maximum absolute atomic E-state index is 4.67. The lowest BCUT2D eigenvalue weighted by Gasteiger charge is -2.17. The van der Waals surface area contributed by atoms with Crippen molar-refractivity contribution in [2.75, 3.05) is 0 Å². The van der Waals surface area contributed by atoms with Crippen molar-refractivity contribution in [3.63, 3.8) is 0 Å². The summed E-state index contributed by atoms with van der Waals surface area (Å²) in [4.78, 5) is 1.42. The molecule has 0 bridgehead atoms. The average molecular weight is 370 g/mol. The van der Waals surface area contributed by atoms with Gasteiger partial charge in [-0.1, -0.05) is 26.3 Å². The summed E-state index contributed by atoms with van der Waals surface area (Å²) in [5, 5.41) is 10.5. The van der Waals surface area contributed by atoms with E-state index in [0.717, 1.165) is 25.2 Å². The Bertz CT molecular complexity index is 548. The molecule has 116 valence electrons. The zero-order valence-corrected chi connectivity index (χ0v) is 15.4. The zero-order valence-electron chi connectivity index (χ0n) is 13.0. The third-order valence-corrected chi connectivity index (χ3v) is 5.58. The number of hydrogen-bond donors (Lipinski definition) is 1. The normalized spacial score (nSPS) is 12.8. The number of nitrogens with one attached hydrogen (secondary N) is 1. The van der Waals surface area contributed by atoms with E-state index in [-0.39, 0.29) is 0 Å². The van der Waals surface area contributed by atoms with Crippen molar-refractivity contribution < 1.29 is 0 Å². The van der Waals surface area contributed by atoms with Gasteiger partial charge in [0.25, 0.3) is 0 Å². The average Bonchev–Trinajstić information content (AvgIpc) is 3.12. The van der Waals surface area contributed by atoms with E-state index in [2.05, 4.69) is 69.3 Å². The summed E-state index contributed by atoms with van der Waals surface area (Å²) in [6.45, 7) is 8.29. The predicted molar refractivity (Wildman–Crippen MR) is 93.8 cm³/mol. The van der Waals surface area contributed by atoms with Crippen molar-refractivity contribution in [2.24, 2.45) is 0 Å². The van der Waals surface area contributed by atoms with E-state index in [1.807, 2.05) is 11.3 Å². The number of aromatic nitrogens is 2. The van der Waals surface area contributed by atoms with E-state index in [1.54, 1.807) is 0 Å². The van der Waals surface area contributed by atoms with Gasteiger partial charge in [0.15, 0.2) is 0 Å². The number of halogens is 1. The van der Waals surface area contributed by atoms with Crippen LogP contribution in [0.3, 0.4) is 0 Å². The van der Waals surface area contributed by atoms with Gasteiger partial charge in [0.05, 0.1) is 15.9 Å². The minimum absolute atomic E-state index is 0.437. The van der Waals surface area contributed by atoms with Crippen LogP contribution in [0, 0.1) is 0 Å². The van der Waals surface area contributed by atoms with Crippen molar-refractivity contribution in [3.8, 4) is 0 Å². The maximum atomic E-state index is 4.67. The molecular weight excluding hydrogens is 346 g/mol. The van der Waals surface area contributed by atoms with Crippen molar-refractivity contribution in [3.05, 3.63) is 38.3 Å². The second-order valence-electron chi connectivity index (χ2n) is 5.11. The molecule has 0 aliphatic heterocycles. The van der Waals surface area contributed by atoms with Gasteiger partial charge in [0, 0.05) is 24.0 Å². The first kappa shape index (κ1) is 16.7. The lowest BCUT2D eigenvalue weighted by molar-refractivity contribution is 0.480. The van der Waals surface area contributed by atoms with E-state index < -0.39 is 0 Å². The van der Waals surface area contributed by atoms with E-state index in [1.165, 1.54) is 27.9 Å². The number of aryl methyl sites for hydroxylation is 2. The highest BCUT2D eigenvalue weighted by molar-refractivity contribution is 9.10. The van der Waals surface area contributed by atoms with Crippen LogP contribution in [0.4, 0.5) is 0 Å². The molecule has 1 atom stereocenters. The second kappa shape index (κ2) is 8.11. The van der Waals surface area contributed by atoms with Crippen LogP contribution in [-0.2, 0) is 19.5 Å². The lowest BCUT2D eigenvalue weighted by atomic mass is 10.1. The minimum Gasteiger partial charge on any atom is -0.304 e. The molecule has 0 aliphatic carbocycles. The predicted octanol–water partition coefficient (Wildman–Crippen LogP) is 4.92. The molecule has 0 saturated carbocycles. The Morgan fingerprint density at radius 3 is 2.76 bits per heavy atom. The fourth-order valence-electron chi connectivity index (χ4n) is 2.53. The molecule has 0 aromatic carbocycles. The van der Waals surface area contributed by atoms with E-state index in [4.69, 9.17) is 0 Å². The van der Waals surface area contributed by atoms with E-state index >= 15 is 0 Å². The number of hydrogen-bond acceptors (Lipinski definition) is 3. The topological polar surface area (TPSA) is 29.9 Å². The first-order valence-electron chi connectivity index (χ1n) is 7.72. The summed E-state index contributed by atoms with van der Waals surface area (Å²) in [5.41, 5.74) is 2.41. The van der Waals surface area contributed by atoms with Crippen LogP contribution in [0.15, 0.2) is 22.0 Å². The van der Waals surface area contributed by atoms with Crippen molar-refractivity contribution in [1.29, 1.82) is 0 Å². The van der Waals surface area contributed by atoms with Crippen LogP contribution >= 0.6 is 27.3 Å². The molecule has 0 amide bonds. The Balaban J connectivity index is 2.12. The third kappa shape index (κ3) is 3.96. The monoisotopic (exact) mass is 369 g/mol. The molecule has 0 aliphatic rings. The first-order valence-corrected chi connectivity index (χ1v) is 9.39. The van der Waals surface area contributed by atoms with Crippen LogP contribution < -0.4 is 5.32 Å². The van der Waals surface area contributed by atoms with Gasteiger partial charge in [0.2, 0.25) is 0 Å². The molecule has 0 fully saturated rings. The van der Waals surface area contributed by atoms with E-state index in [0.29, 0.717) is 6.04 Å². The summed E-state index contributed by atoms with van der Waals surface area (Å²) in [6.07, 6.45) is 3.31. The van der Waals surface area contributed by atoms with Gasteiger partial charge in [-0.15, -0.1) is 11.3 Å². The molecule has 5 heteroatoms. The van der Waals surface area contributed by atoms with Crippen molar-refractivity contribution in [2.45, 2.75) is 59.2 Å². The van der Waals surface area contributed by atoms with Crippen LogP contribution in [-0.4, -0.2) is 9.78 Å². The lowest BCUT2D eigenvalue weighted by Crippen LogP contribution is -2.22. The summed E-state index contributed by atoms with van der Waals surface area (Å²) in [6, 6.07) is 4.79. The molecule has 2 aromatic rings. The summed E-state index contributed by atoms with van der Waals surface area (Å²) in [7, 11) is 0. The summed E-state index contributed by atoms with van der Waals surface area (Å²) >= 11 is 5.55. The Hall–Kier alpha value is -0.650. The minimum atomic E-state index is 0.437. The highest BCUT2D eigenvalue weighted by Crippen LogP contribution is 2.26. The SMILES string of the molecule is CCCC(NCc1c(Br)c(CC)nn1CC)c1cccs1. The van der Waals surface area contributed by atoms with Gasteiger partial charge in [0.1, 0.15) is 0 Å². The van der Waals surface area contributed by atoms with Crippen molar-refractivity contribution in [1.82, 2.24) is 15.1 Å².